The van der Waals surface area contributed by atoms with Crippen molar-refractivity contribution in [2.45, 2.75) is 20.3 Å². The normalized spacial score (nSPS) is 10.8. The maximum Gasteiger partial charge on any atom is 0.419 e. The number of hydrogen-bond acceptors (Lipinski definition) is 5. The minimum Gasteiger partial charge on any atom is -0.481 e. The molecule has 0 bridgehead atoms. The number of anilines is 2. The van der Waals surface area contributed by atoms with Gasteiger partial charge < -0.3 is 14.4 Å². The number of hydrogen-bond donors (Lipinski definition) is 1. The van der Waals surface area contributed by atoms with E-state index in [-0.39, 0.29) is 35.9 Å². The Balaban J connectivity index is 1.73. The van der Waals surface area contributed by atoms with Gasteiger partial charge in [0.15, 0.2) is 5.76 Å². The van der Waals surface area contributed by atoms with Crippen LogP contribution in [0.1, 0.15) is 18.2 Å². The minimum absolute atomic E-state index is 0.0197. The third-order valence-corrected chi connectivity index (χ3v) is 5.46. The lowest BCUT2D eigenvalue weighted by atomic mass is 10.0. The Bertz CT molecular complexity index is 1400. The zero-order valence-electron chi connectivity index (χ0n) is 19.5. The molecule has 1 heterocycles. The molecule has 0 radical (unpaired) electrons. The highest BCUT2D eigenvalue weighted by molar-refractivity contribution is 6.00. The maximum absolute atomic E-state index is 14.7. The summed E-state index contributed by atoms with van der Waals surface area (Å²) in [5, 5.41) is 13.0. The van der Waals surface area contributed by atoms with E-state index in [1.807, 2.05) is 24.3 Å². The summed E-state index contributed by atoms with van der Waals surface area (Å²) in [6, 6.07) is 17.1. The lowest BCUT2D eigenvalue weighted by Gasteiger charge is -2.22. The summed E-state index contributed by atoms with van der Waals surface area (Å²) in [5.41, 5.74) is 3.03. The van der Waals surface area contributed by atoms with Gasteiger partial charge in [0.1, 0.15) is 23.0 Å². The van der Waals surface area contributed by atoms with E-state index < -0.39 is 23.7 Å². The second-order valence-corrected chi connectivity index (χ2v) is 7.91. The van der Waals surface area contributed by atoms with Crippen LogP contribution in [0.25, 0.3) is 22.4 Å². The molecule has 0 aliphatic rings. The summed E-state index contributed by atoms with van der Waals surface area (Å²) in [5.74, 6) is -2.24. The number of rotatable bonds is 7. The molecule has 0 aliphatic carbocycles. The Hall–Kier alpha value is -4.53. The third-order valence-electron chi connectivity index (χ3n) is 5.46. The zero-order chi connectivity index (χ0) is 25.8. The average Bonchev–Trinajstić information content (AvgIpc) is 3.23. The molecule has 0 atom stereocenters. The number of nitrogens with zero attached hydrogens (tertiary/aromatic N) is 2. The van der Waals surface area contributed by atoms with Crippen LogP contribution in [0.3, 0.4) is 0 Å². The van der Waals surface area contributed by atoms with Gasteiger partial charge in [0.25, 0.3) is 0 Å². The minimum atomic E-state index is -0.910. The molecule has 0 unspecified atom stereocenters. The molecule has 0 saturated carbocycles. The van der Waals surface area contributed by atoms with E-state index in [1.54, 1.807) is 38.1 Å². The van der Waals surface area contributed by atoms with E-state index in [2.05, 4.69) is 5.16 Å². The van der Waals surface area contributed by atoms with Gasteiger partial charge in [-0.2, -0.15) is 0 Å². The van der Waals surface area contributed by atoms with E-state index in [0.717, 1.165) is 34.2 Å². The summed E-state index contributed by atoms with van der Waals surface area (Å²) < 4.78 is 39.2. The SMILES string of the molecule is CCOC(=O)N(c1cc(F)ccc1F)c1c(-c2ccc(-c3ccc(CC(=O)O)cc3)cc2)noc1C. The van der Waals surface area contributed by atoms with Gasteiger partial charge in [-0.1, -0.05) is 53.7 Å². The lowest BCUT2D eigenvalue weighted by molar-refractivity contribution is -0.136. The van der Waals surface area contributed by atoms with Crippen LogP contribution in [0.5, 0.6) is 0 Å². The number of aryl methyl sites for hydroxylation is 1. The Morgan fingerprint density at radius 3 is 2.19 bits per heavy atom. The molecule has 0 aliphatic heterocycles. The number of carbonyl (C=O) groups excluding carboxylic acids is 1. The highest BCUT2D eigenvalue weighted by Gasteiger charge is 2.30. The van der Waals surface area contributed by atoms with Gasteiger partial charge in [-0.3, -0.25) is 4.79 Å². The number of amides is 1. The lowest BCUT2D eigenvalue weighted by Crippen LogP contribution is -2.28. The first-order chi connectivity index (χ1) is 17.3. The van der Waals surface area contributed by atoms with Crippen molar-refractivity contribution in [3.63, 3.8) is 0 Å². The highest BCUT2D eigenvalue weighted by atomic mass is 19.1. The summed E-state index contributed by atoms with van der Waals surface area (Å²) in [6.07, 6.45) is -0.969. The maximum atomic E-state index is 14.7. The third kappa shape index (κ3) is 5.10. The second-order valence-electron chi connectivity index (χ2n) is 7.91. The Kier molecular flexibility index (Phi) is 7.10. The number of carboxylic acids is 1. The topological polar surface area (TPSA) is 92.9 Å². The van der Waals surface area contributed by atoms with Crippen LogP contribution in [0.15, 0.2) is 71.3 Å². The van der Waals surface area contributed by atoms with Crippen molar-refractivity contribution < 1.29 is 32.7 Å². The van der Waals surface area contributed by atoms with Gasteiger partial charge in [-0.25, -0.2) is 18.5 Å². The molecule has 0 fully saturated rings. The summed E-state index contributed by atoms with van der Waals surface area (Å²) in [6.45, 7) is 3.18. The molecule has 7 nitrogen and oxygen atoms in total. The van der Waals surface area contributed by atoms with Crippen molar-refractivity contribution in [3.05, 3.63) is 89.7 Å². The van der Waals surface area contributed by atoms with Crippen LogP contribution in [0.2, 0.25) is 0 Å². The second kappa shape index (κ2) is 10.4. The van der Waals surface area contributed by atoms with Crippen molar-refractivity contribution in [1.82, 2.24) is 5.16 Å². The Morgan fingerprint density at radius 1 is 0.972 bits per heavy atom. The van der Waals surface area contributed by atoms with E-state index in [0.29, 0.717) is 11.1 Å². The summed E-state index contributed by atoms with van der Waals surface area (Å²) in [7, 11) is 0. The van der Waals surface area contributed by atoms with Gasteiger partial charge in [0, 0.05) is 11.6 Å². The van der Waals surface area contributed by atoms with E-state index in [1.165, 1.54) is 0 Å². The molecule has 3 aromatic carbocycles. The van der Waals surface area contributed by atoms with Gasteiger partial charge >= 0.3 is 12.1 Å². The smallest absolute Gasteiger partial charge is 0.419 e. The van der Waals surface area contributed by atoms with E-state index in [9.17, 15) is 18.4 Å². The number of carbonyl (C=O) groups is 2. The highest BCUT2D eigenvalue weighted by Crippen LogP contribution is 2.39. The molecular weight excluding hydrogens is 470 g/mol. The largest absolute Gasteiger partial charge is 0.481 e. The van der Waals surface area contributed by atoms with Crippen LogP contribution in [0.4, 0.5) is 25.0 Å². The van der Waals surface area contributed by atoms with Crippen LogP contribution in [-0.4, -0.2) is 28.9 Å². The average molecular weight is 492 g/mol. The molecule has 0 spiro atoms. The molecule has 9 heteroatoms. The molecular formula is C27H22F2N2O5. The number of benzene rings is 3. The van der Waals surface area contributed by atoms with Gasteiger partial charge in [-0.05, 0) is 42.7 Å². The van der Waals surface area contributed by atoms with Crippen LogP contribution in [0, 0.1) is 18.6 Å². The molecule has 0 saturated heterocycles. The predicted octanol–water partition coefficient (Wildman–Crippen LogP) is 6.52. The number of carboxylic acid groups (broad SMARTS) is 1. The molecule has 184 valence electrons. The zero-order valence-corrected chi connectivity index (χ0v) is 19.5. The van der Waals surface area contributed by atoms with Crippen molar-refractivity contribution in [2.75, 3.05) is 11.5 Å². The first kappa shape index (κ1) is 24.6. The molecule has 4 aromatic rings. The molecule has 1 aromatic heterocycles. The molecule has 4 rings (SSSR count). The fourth-order valence-electron chi connectivity index (χ4n) is 3.79. The van der Waals surface area contributed by atoms with Crippen molar-refractivity contribution >= 4 is 23.4 Å². The Labute approximate surface area is 205 Å². The number of halogens is 2. The Morgan fingerprint density at radius 2 is 1.58 bits per heavy atom. The standard InChI is InChI=1S/C27H22F2N2O5/c1-3-35-27(34)31(23-15-21(28)12-13-22(23)29)26-16(2)36-30-25(26)20-10-8-19(9-11-20)18-6-4-17(5-7-18)14-24(32)33/h4-13,15H,3,14H2,1-2H3,(H,32,33). The fraction of sp³-hybridized carbons (Fsp3) is 0.148. The summed E-state index contributed by atoms with van der Waals surface area (Å²) in [4.78, 5) is 24.7. The quantitative estimate of drug-likeness (QED) is 0.316. The van der Waals surface area contributed by atoms with Crippen LogP contribution >= 0.6 is 0 Å². The molecule has 1 amide bonds. The summed E-state index contributed by atoms with van der Waals surface area (Å²) >= 11 is 0. The number of ether oxygens (including phenoxy) is 1. The predicted molar refractivity (Wildman–Crippen MR) is 129 cm³/mol. The van der Waals surface area contributed by atoms with Gasteiger partial charge in [0.2, 0.25) is 0 Å². The number of aliphatic carboxylic acids is 1. The first-order valence-electron chi connectivity index (χ1n) is 11.1. The number of aromatic nitrogens is 1. The van der Waals surface area contributed by atoms with Crippen molar-refractivity contribution in [1.29, 1.82) is 0 Å². The van der Waals surface area contributed by atoms with Gasteiger partial charge in [-0.15, -0.1) is 0 Å². The monoisotopic (exact) mass is 492 g/mol. The van der Waals surface area contributed by atoms with Crippen molar-refractivity contribution in [2.24, 2.45) is 0 Å². The van der Waals surface area contributed by atoms with Gasteiger partial charge in [0.05, 0.1) is 18.7 Å². The van der Waals surface area contributed by atoms with Crippen LogP contribution in [-0.2, 0) is 16.0 Å². The van der Waals surface area contributed by atoms with Crippen molar-refractivity contribution in [3.8, 4) is 22.4 Å². The molecule has 36 heavy (non-hydrogen) atoms. The van der Waals surface area contributed by atoms with Crippen LogP contribution < -0.4 is 4.90 Å². The first-order valence-corrected chi connectivity index (χ1v) is 11.1. The fourth-order valence-corrected chi connectivity index (χ4v) is 3.79. The molecule has 1 N–H and O–H groups in total. The van der Waals surface area contributed by atoms with E-state index >= 15 is 0 Å². The van der Waals surface area contributed by atoms with E-state index in [4.69, 9.17) is 14.4 Å².